The molecule has 0 radical (unpaired) electrons. The third kappa shape index (κ3) is 3.38. The lowest BCUT2D eigenvalue weighted by molar-refractivity contribution is 0.169. The molecule has 1 aliphatic heterocycles. The topological polar surface area (TPSA) is 69.7 Å². The summed E-state index contributed by atoms with van der Waals surface area (Å²) in [7, 11) is -3.18. The van der Waals surface area contributed by atoms with Crippen molar-refractivity contribution in [1.29, 1.82) is 0 Å². The molecule has 8 heteroatoms. The lowest BCUT2D eigenvalue weighted by atomic mass is 10.1. The second-order valence-electron chi connectivity index (χ2n) is 6.14. The number of halogens is 1. The zero-order valence-corrected chi connectivity index (χ0v) is 15.2. The minimum atomic E-state index is -3.18. The summed E-state index contributed by atoms with van der Waals surface area (Å²) in [5.74, 6) is 0.0960. The third-order valence-corrected chi connectivity index (χ3v) is 7.03. The summed E-state index contributed by atoms with van der Waals surface area (Å²) in [6, 6.07) is 5.62. The molecule has 1 heterocycles. The monoisotopic (exact) mass is 371 g/mol. The van der Waals surface area contributed by atoms with Crippen LogP contribution in [0.2, 0.25) is 5.02 Å². The number of benzene rings is 1. The minimum absolute atomic E-state index is 0.0244. The quantitative estimate of drug-likeness (QED) is 0.883. The Morgan fingerprint density at radius 3 is 2.67 bits per heavy atom. The van der Waals surface area contributed by atoms with Gasteiger partial charge in [-0.1, -0.05) is 23.7 Å². The molecular weight excluding hydrogens is 350 g/mol. The van der Waals surface area contributed by atoms with E-state index in [0.29, 0.717) is 26.2 Å². The van der Waals surface area contributed by atoms with Crippen LogP contribution in [0.25, 0.3) is 0 Å². The summed E-state index contributed by atoms with van der Waals surface area (Å²) >= 11 is 6.21. The molecule has 1 atom stereocenters. The average molecular weight is 372 g/mol. The van der Waals surface area contributed by atoms with Crippen LogP contribution < -0.4 is 5.32 Å². The highest BCUT2D eigenvalue weighted by atomic mass is 35.5. The number of rotatable bonds is 3. The average Bonchev–Trinajstić information content (AvgIpc) is 2.99. The number of carbonyl (C=O) groups is 1. The fourth-order valence-electron chi connectivity index (χ4n) is 3.35. The lowest BCUT2D eigenvalue weighted by Crippen LogP contribution is -2.53. The summed E-state index contributed by atoms with van der Waals surface area (Å²) in [6.07, 6.45) is 1.71. The van der Waals surface area contributed by atoms with Crippen molar-refractivity contribution in [2.45, 2.75) is 25.8 Å². The van der Waals surface area contributed by atoms with Crippen LogP contribution in [0.3, 0.4) is 0 Å². The van der Waals surface area contributed by atoms with Crippen molar-refractivity contribution in [1.82, 2.24) is 14.5 Å². The Kier molecular flexibility index (Phi) is 5.03. The van der Waals surface area contributed by atoms with Gasteiger partial charge in [0, 0.05) is 31.2 Å². The molecule has 1 aromatic rings. The van der Waals surface area contributed by atoms with E-state index in [4.69, 9.17) is 11.6 Å². The number of sulfonamides is 1. The number of urea groups is 1. The van der Waals surface area contributed by atoms with Gasteiger partial charge >= 0.3 is 6.03 Å². The van der Waals surface area contributed by atoms with Gasteiger partial charge in [0.2, 0.25) is 10.0 Å². The van der Waals surface area contributed by atoms with E-state index in [2.05, 4.69) is 5.32 Å². The molecule has 3 rings (SSSR count). The molecule has 0 saturated carbocycles. The first-order chi connectivity index (χ1) is 11.4. The summed E-state index contributed by atoms with van der Waals surface area (Å²) < 4.78 is 25.2. The predicted octanol–water partition coefficient (Wildman–Crippen LogP) is 2.00. The van der Waals surface area contributed by atoms with E-state index in [1.807, 2.05) is 18.2 Å². The first kappa shape index (κ1) is 17.5. The minimum Gasteiger partial charge on any atom is -0.331 e. The van der Waals surface area contributed by atoms with Gasteiger partial charge in [0.15, 0.2) is 0 Å². The van der Waals surface area contributed by atoms with Crippen LogP contribution in [0.15, 0.2) is 18.2 Å². The Labute approximate surface area is 147 Å². The van der Waals surface area contributed by atoms with Crippen molar-refractivity contribution < 1.29 is 13.2 Å². The smallest absolute Gasteiger partial charge is 0.317 e. The highest BCUT2D eigenvalue weighted by Crippen LogP contribution is 2.35. The molecule has 0 spiro atoms. The van der Waals surface area contributed by atoms with Gasteiger partial charge in [-0.3, -0.25) is 0 Å². The number of amides is 2. The number of piperazine rings is 1. The van der Waals surface area contributed by atoms with Crippen LogP contribution in [0.1, 0.15) is 30.5 Å². The molecule has 1 fully saturated rings. The fraction of sp³-hybridized carbons (Fsp3) is 0.562. The van der Waals surface area contributed by atoms with Crippen molar-refractivity contribution in [2.75, 3.05) is 31.9 Å². The van der Waals surface area contributed by atoms with E-state index in [9.17, 15) is 13.2 Å². The van der Waals surface area contributed by atoms with Gasteiger partial charge in [0.1, 0.15) is 0 Å². The SMILES string of the molecule is CCS(=O)(=O)N1CCN(C(=O)NC2CCc3c(Cl)cccc32)CC1. The number of fused-ring (bicyclic) bond motifs is 1. The molecule has 24 heavy (non-hydrogen) atoms. The maximum atomic E-state index is 12.5. The van der Waals surface area contributed by atoms with Crippen LogP contribution in [-0.4, -0.2) is 55.6 Å². The highest BCUT2D eigenvalue weighted by molar-refractivity contribution is 7.89. The van der Waals surface area contributed by atoms with Gasteiger partial charge in [-0.25, -0.2) is 13.2 Å². The van der Waals surface area contributed by atoms with Gasteiger partial charge in [0.25, 0.3) is 0 Å². The Morgan fingerprint density at radius 1 is 1.29 bits per heavy atom. The lowest BCUT2D eigenvalue weighted by Gasteiger charge is -2.34. The van der Waals surface area contributed by atoms with Crippen LogP contribution in [0.5, 0.6) is 0 Å². The van der Waals surface area contributed by atoms with E-state index in [-0.39, 0.29) is 17.8 Å². The maximum absolute atomic E-state index is 12.5. The predicted molar refractivity (Wildman–Crippen MR) is 93.7 cm³/mol. The fourth-order valence-corrected chi connectivity index (χ4v) is 4.71. The Balaban J connectivity index is 1.59. The highest BCUT2D eigenvalue weighted by Gasteiger charge is 2.30. The molecule has 1 unspecified atom stereocenters. The maximum Gasteiger partial charge on any atom is 0.317 e. The summed E-state index contributed by atoms with van der Waals surface area (Å²) in [5, 5.41) is 3.81. The largest absolute Gasteiger partial charge is 0.331 e. The van der Waals surface area contributed by atoms with Crippen LogP contribution in [-0.2, 0) is 16.4 Å². The number of hydrogen-bond acceptors (Lipinski definition) is 3. The Morgan fingerprint density at radius 2 is 2.00 bits per heavy atom. The van der Waals surface area contributed by atoms with Gasteiger partial charge in [-0.05, 0) is 37.0 Å². The molecule has 1 N–H and O–H groups in total. The van der Waals surface area contributed by atoms with E-state index < -0.39 is 10.0 Å². The zero-order valence-electron chi connectivity index (χ0n) is 13.7. The van der Waals surface area contributed by atoms with E-state index >= 15 is 0 Å². The second-order valence-corrected chi connectivity index (χ2v) is 8.80. The number of nitrogens with zero attached hydrogens (tertiary/aromatic N) is 2. The van der Waals surface area contributed by atoms with E-state index in [1.54, 1.807) is 11.8 Å². The first-order valence-electron chi connectivity index (χ1n) is 8.23. The molecular formula is C16H22ClN3O3S. The van der Waals surface area contributed by atoms with Gasteiger partial charge in [-0.2, -0.15) is 4.31 Å². The molecule has 6 nitrogen and oxygen atoms in total. The zero-order chi connectivity index (χ0) is 17.3. The molecule has 2 amide bonds. The summed E-state index contributed by atoms with van der Waals surface area (Å²) in [5.41, 5.74) is 2.20. The van der Waals surface area contributed by atoms with Gasteiger partial charge in [-0.15, -0.1) is 0 Å². The molecule has 132 valence electrons. The Bertz CT molecular complexity index is 730. The molecule has 0 aromatic heterocycles. The molecule has 0 bridgehead atoms. The van der Waals surface area contributed by atoms with E-state index in [1.165, 1.54) is 4.31 Å². The summed E-state index contributed by atoms with van der Waals surface area (Å²) in [4.78, 5) is 14.2. The van der Waals surface area contributed by atoms with Gasteiger partial charge in [0.05, 0.1) is 11.8 Å². The van der Waals surface area contributed by atoms with Crippen molar-refractivity contribution in [3.8, 4) is 0 Å². The first-order valence-corrected chi connectivity index (χ1v) is 10.2. The molecule has 2 aliphatic rings. The van der Waals surface area contributed by atoms with Gasteiger partial charge < -0.3 is 10.2 Å². The van der Waals surface area contributed by atoms with Crippen LogP contribution >= 0.6 is 11.6 Å². The Hall–Kier alpha value is -1.31. The van der Waals surface area contributed by atoms with Crippen molar-refractivity contribution in [3.63, 3.8) is 0 Å². The summed E-state index contributed by atoms with van der Waals surface area (Å²) in [6.45, 7) is 3.19. The number of carbonyl (C=O) groups excluding carboxylic acids is 1. The van der Waals surface area contributed by atoms with Crippen LogP contribution in [0.4, 0.5) is 4.79 Å². The van der Waals surface area contributed by atoms with Crippen molar-refractivity contribution >= 4 is 27.7 Å². The van der Waals surface area contributed by atoms with E-state index in [0.717, 1.165) is 29.0 Å². The molecule has 1 saturated heterocycles. The standard InChI is InChI=1S/C16H22ClN3O3S/c1-2-24(22,23)20-10-8-19(9-11-20)16(21)18-15-7-6-12-13(15)4-3-5-14(12)17/h3-5,15H,2,6-11H2,1H3,(H,18,21). The molecule has 1 aliphatic carbocycles. The number of hydrogen-bond donors (Lipinski definition) is 1. The van der Waals surface area contributed by atoms with Crippen LogP contribution in [0, 0.1) is 0 Å². The normalized spacial score (nSPS) is 21.6. The second kappa shape index (κ2) is 6.90. The van der Waals surface area contributed by atoms with Crippen molar-refractivity contribution in [2.24, 2.45) is 0 Å². The number of nitrogens with one attached hydrogen (secondary N) is 1. The molecule has 1 aromatic carbocycles. The van der Waals surface area contributed by atoms with Crippen molar-refractivity contribution in [3.05, 3.63) is 34.3 Å². The third-order valence-electron chi connectivity index (χ3n) is 4.80.